The Balaban J connectivity index is 1.17. The van der Waals surface area contributed by atoms with E-state index in [9.17, 15) is 19.8 Å². The van der Waals surface area contributed by atoms with Gasteiger partial charge in [-0.25, -0.2) is 4.98 Å². The first-order chi connectivity index (χ1) is 21.3. The van der Waals surface area contributed by atoms with Crippen LogP contribution in [0.2, 0.25) is 0 Å². The summed E-state index contributed by atoms with van der Waals surface area (Å²) < 4.78 is 4.06. The number of phenolic OH excluding ortho intramolecular Hbond substituents is 1. The molecule has 10 heteroatoms. The minimum Gasteiger partial charge on any atom is -0.508 e. The Bertz CT molecular complexity index is 2050. The first kappa shape index (κ1) is 27.5. The van der Waals surface area contributed by atoms with Crippen LogP contribution in [0.1, 0.15) is 56.5 Å². The molecule has 6 aromatic rings. The minimum atomic E-state index is -0.815. The normalized spacial score (nSPS) is 14.4. The average Bonchev–Trinajstić information content (AvgIpc) is 3.75. The standard InChI is InChI=1S/C34H32N6O4/c1-39-17-22(36-19-39)18-40-16-21(7-11-31(42)43)24-9-6-20(12-30(24)40)14-35-15-29-32(26-4-2-3-5-28(26)37-29)33-27-13-23(41)8-10-25(27)34(44)38-33/h2-6,8-10,12-13,16-17,19,33,35,37,41H,7,11,14-15,18H2,1H3,(H,38,44)(H,42,43). The van der Waals surface area contributed by atoms with Crippen LogP contribution in [0.5, 0.6) is 5.75 Å². The number of hydrogen-bond donors (Lipinski definition) is 5. The maximum absolute atomic E-state index is 12.8. The van der Waals surface area contributed by atoms with Crippen molar-refractivity contribution in [1.82, 2.24) is 29.7 Å². The number of carboxylic acid groups (broad SMARTS) is 1. The van der Waals surface area contributed by atoms with Gasteiger partial charge in [-0.3, -0.25) is 9.59 Å². The number of amides is 1. The van der Waals surface area contributed by atoms with Crippen molar-refractivity contribution < 1.29 is 19.8 Å². The third kappa shape index (κ3) is 5.09. The summed E-state index contributed by atoms with van der Waals surface area (Å²) in [7, 11) is 1.94. The first-order valence-electron chi connectivity index (χ1n) is 14.6. The lowest BCUT2D eigenvalue weighted by Gasteiger charge is -2.15. The number of aliphatic carboxylic acids is 1. The maximum atomic E-state index is 12.8. The molecular formula is C34H32N6O4. The third-order valence-electron chi connectivity index (χ3n) is 8.34. The van der Waals surface area contributed by atoms with Crippen LogP contribution in [0.15, 0.2) is 79.4 Å². The van der Waals surface area contributed by atoms with Gasteiger partial charge in [0.25, 0.3) is 5.91 Å². The number of carboxylic acids is 1. The number of fused-ring (bicyclic) bond motifs is 3. The largest absolute Gasteiger partial charge is 0.508 e. The van der Waals surface area contributed by atoms with Gasteiger partial charge in [-0.15, -0.1) is 0 Å². The molecule has 1 atom stereocenters. The number of H-pyrrole nitrogens is 1. The first-order valence-corrected chi connectivity index (χ1v) is 14.6. The molecule has 7 rings (SSSR count). The Hall–Kier alpha value is -5.35. The molecule has 0 fully saturated rings. The number of carbonyl (C=O) groups is 2. The van der Waals surface area contributed by atoms with Crippen LogP contribution in [-0.4, -0.2) is 41.2 Å². The predicted molar refractivity (Wildman–Crippen MR) is 166 cm³/mol. The monoisotopic (exact) mass is 588 g/mol. The molecule has 1 amide bonds. The molecule has 0 saturated carbocycles. The number of imidazole rings is 1. The molecule has 10 nitrogen and oxygen atoms in total. The maximum Gasteiger partial charge on any atom is 0.303 e. The van der Waals surface area contributed by atoms with Crippen LogP contribution in [0, 0.1) is 0 Å². The van der Waals surface area contributed by atoms with Crippen LogP contribution in [0.25, 0.3) is 21.8 Å². The SMILES string of the molecule is Cn1cnc(Cn2cc(CCC(=O)O)c3ccc(CNCc4[nH]c5ccccc5c4C4NC(=O)c5ccc(O)cc54)cc32)c1. The summed E-state index contributed by atoms with van der Waals surface area (Å²) in [4.78, 5) is 32.1. The Morgan fingerprint density at radius 1 is 1.05 bits per heavy atom. The number of nitrogens with zero attached hydrogens (tertiary/aromatic N) is 3. The van der Waals surface area contributed by atoms with Crippen LogP contribution in [0.4, 0.5) is 0 Å². The number of rotatable bonds is 10. The number of aromatic amines is 1. The number of phenols is 1. The molecule has 1 unspecified atom stereocenters. The van der Waals surface area contributed by atoms with Gasteiger partial charge >= 0.3 is 5.97 Å². The molecule has 4 heterocycles. The van der Waals surface area contributed by atoms with Crippen molar-refractivity contribution in [1.29, 1.82) is 0 Å². The van der Waals surface area contributed by atoms with Crippen molar-refractivity contribution in [3.05, 3.63) is 119 Å². The Labute approximate surface area is 253 Å². The van der Waals surface area contributed by atoms with Gasteiger partial charge in [0, 0.05) is 77.6 Å². The van der Waals surface area contributed by atoms with E-state index in [1.807, 2.05) is 48.3 Å². The van der Waals surface area contributed by atoms with E-state index in [-0.39, 0.29) is 24.1 Å². The number of aryl methyl sites for hydroxylation is 2. The molecule has 0 radical (unpaired) electrons. The molecule has 3 aromatic heterocycles. The highest BCUT2D eigenvalue weighted by atomic mass is 16.4. The molecular weight excluding hydrogens is 556 g/mol. The van der Waals surface area contributed by atoms with Crippen molar-refractivity contribution in [3.8, 4) is 5.75 Å². The number of nitrogens with one attached hydrogen (secondary N) is 3. The van der Waals surface area contributed by atoms with Crippen LogP contribution in [-0.2, 0) is 37.9 Å². The molecule has 3 aromatic carbocycles. The highest BCUT2D eigenvalue weighted by Gasteiger charge is 2.33. The van der Waals surface area contributed by atoms with Crippen molar-refractivity contribution in [2.24, 2.45) is 7.05 Å². The van der Waals surface area contributed by atoms with E-state index in [1.165, 1.54) is 6.07 Å². The summed E-state index contributed by atoms with van der Waals surface area (Å²) in [6.07, 6.45) is 6.34. The topological polar surface area (TPSA) is 137 Å². The van der Waals surface area contributed by atoms with Gasteiger partial charge < -0.3 is 35.0 Å². The van der Waals surface area contributed by atoms with E-state index in [2.05, 4.69) is 43.4 Å². The summed E-state index contributed by atoms with van der Waals surface area (Å²) >= 11 is 0. The molecule has 0 spiro atoms. The van der Waals surface area contributed by atoms with Crippen LogP contribution >= 0.6 is 0 Å². The summed E-state index contributed by atoms with van der Waals surface area (Å²) in [5.41, 5.74) is 8.31. The van der Waals surface area contributed by atoms with Gasteiger partial charge in [0.1, 0.15) is 5.75 Å². The minimum absolute atomic E-state index is 0.0738. The predicted octanol–water partition coefficient (Wildman–Crippen LogP) is 4.75. The zero-order valence-electron chi connectivity index (χ0n) is 24.2. The van der Waals surface area contributed by atoms with Crippen molar-refractivity contribution in [2.45, 2.75) is 38.5 Å². The van der Waals surface area contributed by atoms with Gasteiger partial charge in [-0.2, -0.15) is 0 Å². The van der Waals surface area contributed by atoms with Crippen LogP contribution < -0.4 is 10.6 Å². The fourth-order valence-corrected chi connectivity index (χ4v) is 6.35. The molecule has 44 heavy (non-hydrogen) atoms. The third-order valence-corrected chi connectivity index (χ3v) is 8.34. The lowest BCUT2D eigenvalue weighted by Crippen LogP contribution is -2.22. The fourth-order valence-electron chi connectivity index (χ4n) is 6.35. The second kappa shape index (κ2) is 11.1. The van der Waals surface area contributed by atoms with Gasteiger partial charge in [0.05, 0.1) is 24.6 Å². The summed E-state index contributed by atoms with van der Waals surface area (Å²) in [6, 6.07) is 18.8. The van der Waals surface area contributed by atoms with E-state index in [0.29, 0.717) is 31.6 Å². The summed E-state index contributed by atoms with van der Waals surface area (Å²) in [5.74, 6) is -0.844. The van der Waals surface area contributed by atoms with Gasteiger partial charge in [0.15, 0.2) is 0 Å². The van der Waals surface area contributed by atoms with Crippen molar-refractivity contribution in [2.75, 3.05) is 0 Å². The van der Waals surface area contributed by atoms with Gasteiger partial charge in [-0.1, -0.05) is 30.3 Å². The van der Waals surface area contributed by atoms with Crippen LogP contribution in [0.3, 0.4) is 0 Å². The van der Waals surface area contributed by atoms with Crippen molar-refractivity contribution >= 4 is 33.7 Å². The number of carbonyl (C=O) groups excluding carboxylic acids is 1. The zero-order valence-corrected chi connectivity index (χ0v) is 24.2. The lowest BCUT2D eigenvalue weighted by molar-refractivity contribution is -0.136. The van der Waals surface area contributed by atoms with Crippen molar-refractivity contribution in [3.63, 3.8) is 0 Å². The summed E-state index contributed by atoms with van der Waals surface area (Å²) in [5, 5.41) is 28.2. The fraction of sp³-hybridized carbons (Fsp3) is 0.206. The van der Waals surface area contributed by atoms with E-state index >= 15 is 0 Å². The second-order valence-electron chi connectivity index (χ2n) is 11.4. The van der Waals surface area contributed by atoms with E-state index < -0.39 is 5.97 Å². The molecule has 222 valence electrons. The number of aromatic nitrogens is 4. The highest BCUT2D eigenvalue weighted by molar-refractivity contribution is 6.01. The molecule has 1 aliphatic rings. The smallest absolute Gasteiger partial charge is 0.303 e. The lowest BCUT2D eigenvalue weighted by atomic mass is 9.95. The highest BCUT2D eigenvalue weighted by Crippen LogP contribution is 2.38. The van der Waals surface area contributed by atoms with E-state index in [0.717, 1.165) is 55.4 Å². The molecule has 0 aliphatic carbocycles. The second-order valence-corrected chi connectivity index (χ2v) is 11.4. The molecule has 0 bridgehead atoms. The quantitative estimate of drug-likeness (QED) is 0.157. The Kier molecular flexibility index (Phi) is 6.90. The number of aromatic hydroxyl groups is 1. The van der Waals surface area contributed by atoms with E-state index in [1.54, 1.807) is 18.5 Å². The average molecular weight is 589 g/mol. The number of hydrogen-bond acceptors (Lipinski definition) is 5. The van der Waals surface area contributed by atoms with Gasteiger partial charge in [0.2, 0.25) is 0 Å². The molecule has 0 saturated heterocycles. The Morgan fingerprint density at radius 2 is 1.91 bits per heavy atom. The Morgan fingerprint density at radius 3 is 2.73 bits per heavy atom. The number of para-hydroxylation sites is 1. The van der Waals surface area contributed by atoms with E-state index in [4.69, 9.17) is 0 Å². The number of benzene rings is 3. The molecule has 1 aliphatic heterocycles. The zero-order chi connectivity index (χ0) is 30.4. The van der Waals surface area contributed by atoms with Gasteiger partial charge in [-0.05, 0) is 53.4 Å². The summed E-state index contributed by atoms with van der Waals surface area (Å²) in [6.45, 7) is 1.71. The molecule has 5 N–H and O–H groups in total.